The first kappa shape index (κ1) is 14.3. The molecule has 2 aromatic rings. The van der Waals surface area contributed by atoms with Crippen LogP contribution in [0.4, 0.5) is 0 Å². The van der Waals surface area contributed by atoms with Gasteiger partial charge in [-0.2, -0.15) is 0 Å². The SMILES string of the molecule is CSc1nnc(SC(C)CNCc2cccs2)s1. The highest BCUT2D eigenvalue weighted by molar-refractivity contribution is 8.03. The molecule has 0 spiro atoms. The molecular formula is C11H15N3S4. The minimum Gasteiger partial charge on any atom is -0.311 e. The number of aromatic nitrogens is 2. The van der Waals surface area contributed by atoms with Gasteiger partial charge in [0.1, 0.15) is 0 Å². The van der Waals surface area contributed by atoms with Crippen molar-refractivity contribution in [1.29, 1.82) is 0 Å². The van der Waals surface area contributed by atoms with Gasteiger partial charge in [0.05, 0.1) is 0 Å². The van der Waals surface area contributed by atoms with Crippen LogP contribution in [0.2, 0.25) is 0 Å². The van der Waals surface area contributed by atoms with E-state index in [1.54, 1.807) is 46.2 Å². The van der Waals surface area contributed by atoms with Gasteiger partial charge in [0.25, 0.3) is 0 Å². The molecule has 2 rings (SSSR count). The van der Waals surface area contributed by atoms with Gasteiger partial charge in [0.2, 0.25) is 0 Å². The monoisotopic (exact) mass is 317 g/mol. The van der Waals surface area contributed by atoms with Crippen molar-refractivity contribution >= 4 is 46.2 Å². The van der Waals surface area contributed by atoms with Crippen LogP contribution in [0.25, 0.3) is 0 Å². The van der Waals surface area contributed by atoms with Crippen molar-refractivity contribution in [3.63, 3.8) is 0 Å². The molecule has 0 aliphatic carbocycles. The minimum atomic E-state index is 0.507. The Labute approximate surface area is 124 Å². The lowest BCUT2D eigenvalue weighted by molar-refractivity contribution is 0.690. The zero-order valence-corrected chi connectivity index (χ0v) is 13.5. The maximum atomic E-state index is 4.17. The van der Waals surface area contributed by atoms with Crippen molar-refractivity contribution < 1.29 is 0 Å². The summed E-state index contributed by atoms with van der Waals surface area (Å²) < 4.78 is 2.10. The molecule has 1 N–H and O–H groups in total. The first-order valence-corrected chi connectivity index (χ1v) is 9.35. The molecule has 0 bridgehead atoms. The van der Waals surface area contributed by atoms with Crippen molar-refractivity contribution in [3.8, 4) is 0 Å². The van der Waals surface area contributed by atoms with E-state index < -0.39 is 0 Å². The minimum absolute atomic E-state index is 0.507. The maximum absolute atomic E-state index is 4.17. The van der Waals surface area contributed by atoms with E-state index in [1.807, 2.05) is 6.26 Å². The molecule has 2 aromatic heterocycles. The second-order valence-corrected chi connectivity index (χ2v) is 8.43. The molecule has 7 heteroatoms. The van der Waals surface area contributed by atoms with Gasteiger partial charge in [0, 0.05) is 23.2 Å². The molecule has 2 heterocycles. The summed E-state index contributed by atoms with van der Waals surface area (Å²) in [6.07, 6.45) is 2.03. The van der Waals surface area contributed by atoms with Crippen LogP contribution in [0.3, 0.4) is 0 Å². The van der Waals surface area contributed by atoms with E-state index in [0.29, 0.717) is 5.25 Å². The summed E-state index contributed by atoms with van der Waals surface area (Å²) in [5, 5.41) is 14.4. The molecule has 0 aliphatic heterocycles. The molecule has 1 unspecified atom stereocenters. The molecule has 0 fully saturated rings. The number of rotatable bonds is 7. The molecule has 0 aromatic carbocycles. The number of nitrogens with one attached hydrogen (secondary N) is 1. The number of thiophene rings is 1. The van der Waals surface area contributed by atoms with Crippen LogP contribution in [0.5, 0.6) is 0 Å². The topological polar surface area (TPSA) is 37.8 Å². The van der Waals surface area contributed by atoms with Crippen LogP contribution in [0.1, 0.15) is 11.8 Å². The summed E-state index contributed by atoms with van der Waals surface area (Å²) in [7, 11) is 0. The third kappa shape index (κ3) is 4.55. The quantitative estimate of drug-likeness (QED) is 0.790. The summed E-state index contributed by atoms with van der Waals surface area (Å²) in [6, 6.07) is 4.25. The molecule has 1 atom stereocenters. The van der Waals surface area contributed by atoms with Gasteiger partial charge in [0.15, 0.2) is 8.68 Å². The fourth-order valence-corrected chi connectivity index (χ4v) is 4.75. The Hall–Kier alpha value is -0.0800. The Morgan fingerprint density at radius 3 is 2.89 bits per heavy atom. The third-order valence-corrected chi connectivity index (χ3v) is 6.14. The summed E-state index contributed by atoms with van der Waals surface area (Å²) in [5.41, 5.74) is 0. The van der Waals surface area contributed by atoms with E-state index >= 15 is 0 Å². The highest BCUT2D eigenvalue weighted by atomic mass is 32.2. The maximum Gasteiger partial charge on any atom is 0.175 e. The second-order valence-electron chi connectivity index (χ2n) is 3.68. The summed E-state index contributed by atoms with van der Waals surface area (Å²) in [6.45, 7) is 4.15. The van der Waals surface area contributed by atoms with E-state index in [-0.39, 0.29) is 0 Å². The van der Waals surface area contributed by atoms with E-state index in [1.165, 1.54) is 4.88 Å². The zero-order chi connectivity index (χ0) is 12.8. The van der Waals surface area contributed by atoms with Crippen LogP contribution in [-0.2, 0) is 6.54 Å². The van der Waals surface area contributed by atoms with Crippen LogP contribution in [0.15, 0.2) is 26.2 Å². The normalized spacial score (nSPS) is 12.8. The van der Waals surface area contributed by atoms with Crippen LogP contribution in [0, 0.1) is 0 Å². The van der Waals surface area contributed by atoms with Crippen molar-refractivity contribution in [2.45, 2.75) is 27.4 Å². The lowest BCUT2D eigenvalue weighted by Gasteiger charge is -2.09. The smallest absolute Gasteiger partial charge is 0.175 e. The second kappa shape index (κ2) is 7.49. The van der Waals surface area contributed by atoms with E-state index in [4.69, 9.17) is 0 Å². The number of hydrogen-bond acceptors (Lipinski definition) is 7. The fourth-order valence-electron chi connectivity index (χ4n) is 1.35. The first-order chi connectivity index (χ1) is 8.78. The predicted octanol–water partition coefficient (Wildman–Crippen LogP) is 3.59. The zero-order valence-electron chi connectivity index (χ0n) is 10.3. The Morgan fingerprint density at radius 1 is 1.39 bits per heavy atom. The predicted molar refractivity (Wildman–Crippen MR) is 83.0 cm³/mol. The average Bonchev–Trinajstić information content (AvgIpc) is 3.00. The lowest BCUT2D eigenvalue weighted by Crippen LogP contribution is -2.21. The number of thioether (sulfide) groups is 2. The van der Waals surface area contributed by atoms with Gasteiger partial charge in [-0.1, -0.05) is 47.9 Å². The summed E-state index contributed by atoms with van der Waals surface area (Å²) >= 11 is 6.90. The molecule has 0 aliphatic rings. The highest BCUT2D eigenvalue weighted by Crippen LogP contribution is 2.29. The lowest BCUT2D eigenvalue weighted by atomic mass is 10.4. The molecule has 0 amide bonds. The van der Waals surface area contributed by atoms with Gasteiger partial charge >= 0.3 is 0 Å². The van der Waals surface area contributed by atoms with Crippen LogP contribution in [-0.4, -0.2) is 28.2 Å². The Balaban J connectivity index is 1.70. The van der Waals surface area contributed by atoms with Gasteiger partial charge < -0.3 is 5.32 Å². The fraction of sp³-hybridized carbons (Fsp3) is 0.455. The van der Waals surface area contributed by atoms with Crippen molar-refractivity contribution in [2.24, 2.45) is 0 Å². The summed E-state index contributed by atoms with van der Waals surface area (Å²) in [5.74, 6) is 0. The van der Waals surface area contributed by atoms with Gasteiger partial charge in [-0.15, -0.1) is 21.5 Å². The first-order valence-electron chi connectivity index (χ1n) is 5.55. The van der Waals surface area contributed by atoms with Crippen molar-refractivity contribution in [3.05, 3.63) is 22.4 Å². The standard InChI is InChI=1S/C11H15N3S4/c1-8(6-12-7-9-4-3-5-16-9)17-11-14-13-10(15-2)18-11/h3-5,8,12H,6-7H2,1-2H3. The highest BCUT2D eigenvalue weighted by Gasteiger charge is 2.09. The molecule has 98 valence electrons. The van der Waals surface area contributed by atoms with Crippen molar-refractivity contribution in [2.75, 3.05) is 12.8 Å². The van der Waals surface area contributed by atoms with E-state index in [0.717, 1.165) is 21.8 Å². The average molecular weight is 318 g/mol. The largest absolute Gasteiger partial charge is 0.311 e. The molecule has 0 saturated carbocycles. The van der Waals surface area contributed by atoms with Gasteiger partial charge in [-0.25, -0.2) is 0 Å². The summed E-state index contributed by atoms with van der Waals surface area (Å²) in [4.78, 5) is 1.38. The van der Waals surface area contributed by atoms with Gasteiger partial charge in [-0.3, -0.25) is 0 Å². The van der Waals surface area contributed by atoms with Gasteiger partial charge in [-0.05, 0) is 17.7 Å². The molecule has 3 nitrogen and oxygen atoms in total. The van der Waals surface area contributed by atoms with Crippen LogP contribution >= 0.6 is 46.2 Å². The molecular weight excluding hydrogens is 302 g/mol. The van der Waals surface area contributed by atoms with Crippen molar-refractivity contribution in [1.82, 2.24) is 15.5 Å². The molecule has 0 radical (unpaired) electrons. The Kier molecular flexibility index (Phi) is 5.97. The van der Waals surface area contributed by atoms with E-state index in [9.17, 15) is 0 Å². The third-order valence-electron chi connectivity index (χ3n) is 2.18. The van der Waals surface area contributed by atoms with E-state index in [2.05, 4.69) is 40.0 Å². The van der Waals surface area contributed by atoms with Crippen LogP contribution < -0.4 is 5.32 Å². The molecule has 0 saturated heterocycles. The Morgan fingerprint density at radius 2 is 2.22 bits per heavy atom. The Bertz CT molecular complexity index is 455. The number of hydrogen-bond donors (Lipinski definition) is 1. The number of nitrogens with zero attached hydrogens (tertiary/aromatic N) is 2. The molecule has 18 heavy (non-hydrogen) atoms.